The van der Waals surface area contributed by atoms with Crippen LogP contribution in [0.25, 0.3) is 10.2 Å². The van der Waals surface area contributed by atoms with Crippen LogP contribution < -0.4 is 10.1 Å². The number of hydrogen-bond acceptors (Lipinski definition) is 5. The molecule has 2 N–H and O–H groups in total. The van der Waals surface area contributed by atoms with E-state index in [1.54, 1.807) is 7.11 Å². The Kier molecular flexibility index (Phi) is 4.53. The van der Waals surface area contributed by atoms with Crippen LogP contribution in [0.2, 0.25) is 0 Å². The van der Waals surface area contributed by atoms with Crippen molar-refractivity contribution in [3.8, 4) is 5.75 Å². The minimum atomic E-state index is -0.934. The van der Waals surface area contributed by atoms with Gasteiger partial charge in [0.05, 0.1) is 29.2 Å². The van der Waals surface area contributed by atoms with Crippen molar-refractivity contribution in [1.29, 1.82) is 0 Å². The van der Waals surface area contributed by atoms with Crippen molar-refractivity contribution in [2.24, 2.45) is 11.8 Å². The predicted octanol–water partition coefficient (Wildman–Crippen LogP) is 3.30. The van der Waals surface area contributed by atoms with Gasteiger partial charge in [-0.1, -0.05) is 23.0 Å². The molecule has 0 saturated heterocycles. The quantitative estimate of drug-likeness (QED) is 0.829. The fraction of sp³-hybridized carbons (Fsp3) is 0.353. The molecule has 0 fully saturated rings. The number of nitrogens with zero attached hydrogens (tertiary/aromatic N) is 1. The lowest BCUT2D eigenvalue weighted by molar-refractivity contribution is -0.146. The molecule has 0 aliphatic heterocycles. The third kappa shape index (κ3) is 3.26. The van der Waals surface area contributed by atoms with Crippen molar-refractivity contribution in [3.05, 3.63) is 29.8 Å². The first kappa shape index (κ1) is 16.4. The number of fused-ring (bicyclic) bond motifs is 1. The molecule has 126 valence electrons. The van der Waals surface area contributed by atoms with Crippen molar-refractivity contribution in [1.82, 2.24) is 4.98 Å². The van der Waals surface area contributed by atoms with Crippen LogP contribution >= 0.6 is 11.3 Å². The molecule has 0 radical (unpaired) electrons. The Labute approximate surface area is 143 Å². The van der Waals surface area contributed by atoms with Crippen molar-refractivity contribution in [2.45, 2.75) is 19.8 Å². The first-order valence-corrected chi connectivity index (χ1v) is 8.43. The van der Waals surface area contributed by atoms with Crippen LogP contribution in [-0.4, -0.2) is 29.1 Å². The molecule has 2 aromatic rings. The maximum atomic E-state index is 12.5. The smallest absolute Gasteiger partial charge is 0.307 e. The lowest BCUT2D eigenvalue weighted by Crippen LogP contribution is -2.35. The van der Waals surface area contributed by atoms with E-state index in [1.165, 1.54) is 11.3 Å². The summed E-state index contributed by atoms with van der Waals surface area (Å²) in [4.78, 5) is 28.3. The van der Waals surface area contributed by atoms with Crippen molar-refractivity contribution >= 4 is 38.6 Å². The van der Waals surface area contributed by atoms with E-state index in [2.05, 4.69) is 10.3 Å². The number of thiazole rings is 1. The molecule has 2 atom stereocenters. The zero-order valence-electron chi connectivity index (χ0n) is 13.4. The van der Waals surface area contributed by atoms with Gasteiger partial charge in [0.15, 0.2) is 5.13 Å². The SMILES string of the molecule is COc1ccc2nc(NC(=O)[C@@H]3CC=C(C)C[C@H]3C(=O)O)sc2c1. The zero-order chi connectivity index (χ0) is 17.3. The van der Waals surface area contributed by atoms with E-state index in [1.807, 2.05) is 31.2 Å². The Morgan fingerprint density at radius 3 is 2.88 bits per heavy atom. The molecule has 7 heteroatoms. The van der Waals surface area contributed by atoms with Crippen LogP contribution in [0.4, 0.5) is 5.13 Å². The molecule has 0 spiro atoms. The van der Waals surface area contributed by atoms with Gasteiger partial charge in [0.25, 0.3) is 0 Å². The Morgan fingerprint density at radius 1 is 1.38 bits per heavy atom. The molecule has 1 aromatic heterocycles. The van der Waals surface area contributed by atoms with Crippen LogP contribution in [0, 0.1) is 11.8 Å². The standard InChI is InChI=1S/C17H18N2O4S/c1-9-3-5-11(12(7-9)16(21)22)15(20)19-17-18-13-6-4-10(23-2)8-14(13)24-17/h3-4,6,8,11-12H,5,7H2,1-2H3,(H,21,22)(H,18,19,20)/t11-,12-/m1/s1. The van der Waals surface area contributed by atoms with Gasteiger partial charge in [0.1, 0.15) is 5.75 Å². The highest BCUT2D eigenvalue weighted by Crippen LogP contribution is 2.33. The molecule has 6 nitrogen and oxygen atoms in total. The predicted molar refractivity (Wildman–Crippen MR) is 92.4 cm³/mol. The van der Waals surface area contributed by atoms with E-state index in [9.17, 15) is 14.7 Å². The maximum absolute atomic E-state index is 12.5. The minimum absolute atomic E-state index is 0.294. The first-order chi connectivity index (χ1) is 11.5. The van der Waals surface area contributed by atoms with E-state index < -0.39 is 17.8 Å². The van der Waals surface area contributed by atoms with E-state index in [0.717, 1.165) is 21.5 Å². The summed E-state index contributed by atoms with van der Waals surface area (Å²) in [5, 5.41) is 12.6. The van der Waals surface area contributed by atoms with Gasteiger partial charge in [-0.15, -0.1) is 0 Å². The number of carbonyl (C=O) groups excluding carboxylic acids is 1. The Morgan fingerprint density at radius 2 is 2.17 bits per heavy atom. The number of ether oxygens (including phenoxy) is 1. The Balaban J connectivity index is 1.80. The number of aliphatic carboxylic acids is 1. The average Bonchev–Trinajstić information content (AvgIpc) is 2.95. The van der Waals surface area contributed by atoms with E-state index in [4.69, 9.17) is 4.74 Å². The first-order valence-electron chi connectivity index (χ1n) is 7.62. The molecule has 1 amide bonds. The maximum Gasteiger partial charge on any atom is 0.307 e. The second-order valence-corrected chi connectivity index (χ2v) is 6.91. The number of aromatic nitrogens is 1. The van der Waals surface area contributed by atoms with Crippen molar-refractivity contribution < 1.29 is 19.4 Å². The number of hydrogen-bond donors (Lipinski definition) is 2. The summed E-state index contributed by atoms with van der Waals surface area (Å²) in [6.45, 7) is 1.89. The van der Waals surface area contributed by atoms with Crippen LogP contribution in [-0.2, 0) is 9.59 Å². The highest BCUT2D eigenvalue weighted by molar-refractivity contribution is 7.22. The summed E-state index contributed by atoms with van der Waals surface area (Å²) < 4.78 is 6.08. The van der Waals surface area contributed by atoms with Gasteiger partial charge in [0.2, 0.25) is 5.91 Å². The summed E-state index contributed by atoms with van der Waals surface area (Å²) in [5.41, 5.74) is 1.78. The van der Waals surface area contributed by atoms with E-state index in [-0.39, 0.29) is 5.91 Å². The molecule has 1 heterocycles. The second-order valence-electron chi connectivity index (χ2n) is 5.88. The number of methoxy groups -OCH3 is 1. The van der Waals surface area contributed by atoms with Crippen LogP contribution in [0.3, 0.4) is 0 Å². The normalized spacial score (nSPS) is 20.5. The van der Waals surface area contributed by atoms with Gasteiger partial charge in [-0.05, 0) is 38.0 Å². The van der Waals surface area contributed by atoms with Gasteiger partial charge in [-0.2, -0.15) is 0 Å². The van der Waals surface area contributed by atoms with Gasteiger partial charge in [-0.3, -0.25) is 9.59 Å². The van der Waals surface area contributed by atoms with E-state index >= 15 is 0 Å². The topological polar surface area (TPSA) is 88.5 Å². The molecule has 1 aliphatic carbocycles. The number of carbonyl (C=O) groups is 2. The number of amides is 1. The fourth-order valence-electron chi connectivity index (χ4n) is 2.90. The molecule has 0 unspecified atom stereocenters. The lowest BCUT2D eigenvalue weighted by Gasteiger charge is -2.26. The minimum Gasteiger partial charge on any atom is -0.497 e. The van der Waals surface area contributed by atoms with Gasteiger partial charge in [-0.25, -0.2) is 4.98 Å². The number of rotatable bonds is 4. The number of nitrogens with one attached hydrogen (secondary N) is 1. The number of allylic oxidation sites excluding steroid dienone is 2. The zero-order valence-corrected chi connectivity index (χ0v) is 14.2. The third-order valence-corrected chi connectivity index (χ3v) is 5.16. The van der Waals surface area contributed by atoms with Crippen LogP contribution in [0.1, 0.15) is 19.8 Å². The Bertz CT molecular complexity index is 827. The second kappa shape index (κ2) is 6.60. The summed E-state index contributed by atoms with van der Waals surface area (Å²) >= 11 is 1.34. The summed E-state index contributed by atoms with van der Waals surface area (Å²) in [6.07, 6.45) is 2.78. The van der Waals surface area contributed by atoms with Crippen LogP contribution in [0.15, 0.2) is 29.8 Å². The molecule has 3 rings (SSSR count). The average molecular weight is 346 g/mol. The number of anilines is 1. The largest absolute Gasteiger partial charge is 0.497 e. The van der Waals surface area contributed by atoms with Gasteiger partial charge >= 0.3 is 5.97 Å². The number of carboxylic acids is 1. The molecular weight excluding hydrogens is 328 g/mol. The Hall–Kier alpha value is -2.41. The van der Waals surface area contributed by atoms with Crippen molar-refractivity contribution in [2.75, 3.05) is 12.4 Å². The molecular formula is C17H18N2O4S. The highest BCUT2D eigenvalue weighted by atomic mass is 32.1. The lowest BCUT2D eigenvalue weighted by atomic mass is 9.79. The van der Waals surface area contributed by atoms with E-state index in [0.29, 0.717) is 18.0 Å². The van der Waals surface area contributed by atoms with Crippen LogP contribution in [0.5, 0.6) is 5.75 Å². The summed E-state index contributed by atoms with van der Waals surface area (Å²) in [5.74, 6) is -1.77. The van der Waals surface area contributed by atoms with Gasteiger partial charge < -0.3 is 15.2 Å². The van der Waals surface area contributed by atoms with Crippen molar-refractivity contribution in [3.63, 3.8) is 0 Å². The third-order valence-electron chi connectivity index (χ3n) is 4.23. The molecule has 0 saturated carbocycles. The fourth-order valence-corrected chi connectivity index (χ4v) is 3.79. The van der Waals surface area contributed by atoms with Gasteiger partial charge in [0, 0.05) is 0 Å². The summed E-state index contributed by atoms with van der Waals surface area (Å²) in [7, 11) is 1.59. The number of carboxylic acid groups (broad SMARTS) is 1. The molecule has 1 aliphatic rings. The highest BCUT2D eigenvalue weighted by Gasteiger charge is 2.35. The number of benzene rings is 1. The molecule has 0 bridgehead atoms. The monoisotopic (exact) mass is 346 g/mol. The molecule has 1 aromatic carbocycles. The molecule has 24 heavy (non-hydrogen) atoms. The summed E-state index contributed by atoms with van der Waals surface area (Å²) in [6, 6.07) is 5.49.